The average molecular weight is 472 g/mol. The quantitative estimate of drug-likeness (QED) is 0.399. The Bertz CT molecular complexity index is 1520. The van der Waals surface area contributed by atoms with Gasteiger partial charge in [-0.1, -0.05) is 6.07 Å². The molecule has 1 unspecified atom stereocenters. The molecule has 1 aromatic heterocycles. The Morgan fingerprint density at radius 2 is 1.49 bits per heavy atom. The van der Waals surface area contributed by atoms with Crippen molar-refractivity contribution in [3.8, 4) is 17.2 Å². The van der Waals surface area contributed by atoms with Crippen LogP contribution in [0.15, 0.2) is 63.8 Å². The van der Waals surface area contributed by atoms with Gasteiger partial charge >= 0.3 is 0 Å². The van der Waals surface area contributed by atoms with Gasteiger partial charge in [0.05, 0.1) is 38.3 Å². The molecular formula is C28H25NO6. The summed E-state index contributed by atoms with van der Waals surface area (Å²) in [5.41, 5.74) is 3.73. The lowest BCUT2D eigenvalue weighted by atomic mass is 9.97. The highest BCUT2D eigenvalue weighted by molar-refractivity contribution is 6.10. The third kappa shape index (κ3) is 3.51. The summed E-state index contributed by atoms with van der Waals surface area (Å²) in [4.78, 5) is 29.2. The van der Waals surface area contributed by atoms with Gasteiger partial charge in [-0.15, -0.1) is 0 Å². The maximum atomic E-state index is 13.9. The number of nitrogens with zero attached hydrogens (tertiary/aromatic N) is 1. The second-order valence-corrected chi connectivity index (χ2v) is 8.50. The smallest absolute Gasteiger partial charge is 0.295 e. The van der Waals surface area contributed by atoms with E-state index in [-0.39, 0.29) is 17.1 Å². The molecule has 7 heteroatoms. The number of anilines is 1. The number of carbonyl (C=O) groups excluding carboxylic acids is 1. The van der Waals surface area contributed by atoms with Crippen LogP contribution in [0.25, 0.3) is 11.0 Å². The van der Waals surface area contributed by atoms with Crippen molar-refractivity contribution < 1.29 is 23.4 Å². The van der Waals surface area contributed by atoms with Crippen LogP contribution in [0.5, 0.6) is 17.2 Å². The number of hydrogen-bond donors (Lipinski definition) is 0. The zero-order chi connectivity index (χ0) is 24.9. The lowest BCUT2D eigenvalue weighted by Gasteiger charge is -2.26. The van der Waals surface area contributed by atoms with Gasteiger partial charge in [0.25, 0.3) is 5.91 Å². The molecule has 35 heavy (non-hydrogen) atoms. The van der Waals surface area contributed by atoms with E-state index in [0.29, 0.717) is 45.0 Å². The number of benzene rings is 3. The van der Waals surface area contributed by atoms with Crippen LogP contribution in [0.3, 0.4) is 0 Å². The van der Waals surface area contributed by atoms with Crippen molar-refractivity contribution in [2.75, 3.05) is 26.2 Å². The van der Waals surface area contributed by atoms with Crippen LogP contribution >= 0.6 is 0 Å². The van der Waals surface area contributed by atoms with Gasteiger partial charge in [-0.25, -0.2) is 0 Å². The number of aryl methyl sites for hydroxylation is 2. The molecule has 0 bridgehead atoms. The van der Waals surface area contributed by atoms with E-state index in [9.17, 15) is 9.59 Å². The molecular weight excluding hydrogens is 446 g/mol. The highest BCUT2D eigenvalue weighted by Gasteiger charge is 2.44. The topological polar surface area (TPSA) is 78.2 Å². The van der Waals surface area contributed by atoms with Gasteiger partial charge in [0.1, 0.15) is 11.3 Å². The average Bonchev–Trinajstić information content (AvgIpc) is 3.17. The number of amides is 1. The standard InChI is InChI=1S/C28H25NO6/c1-15-12-20-22(13-16(15)2)35-27-24(26(20)30)25(17-6-11-21(33-4)23(14-17)34-5)29(28(27)31)18-7-9-19(32-3)10-8-18/h6-14,25H,1-5H3. The largest absolute Gasteiger partial charge is 0.497 e. The first-order valence-electron chi connectivity index (χ1n) is 11.2. The Morgan fingerprint density at radius 3 is 2.14 bits per heavy atom. The van der Waals surface area contributed by atoms with Crippen LogP contribution in [-0.4, -0.2) is 27.2 Å². The van der Waals surface area contributed by atoms with Crippen LogP contribution in [0, 0.1) is 13.8 Å². The van der Waals surface area contributed by atoms with Crippen molar-refractivity contribution in [1.29, 1.82) is 0 Å². The number of rotatable bonds is 5. The molecule has 1 atom stereocenters. The van der Waals surface area contributed by atoms with Crippen molar-refractivity contribution in [3.05, 3.63) is 92.8 Å². The van der Waals surface area contributed by atoms with Crippen LogP contribution in [-0.2, 0) is 0 Å². The van der Waals surface area contributed by atoms with E-state index in [4.69, 9.17) is 18.6 Å². The molecule has 0 saturated carbocycles. The summed E-state index contributed by atoms with van der Waals surface area (Å²) in [6.07, 6.45) is 0. The van der Waals surface area contributed by atoms with Crippen molar-refractivity contribution in [3.63, 3.8) is 0 Å². The summed E-state index contributed by atoms with van der Waals surface area (Å²) >= 11 is 0. The molecule has 0 fully saturated rings. The molecule has 5 rings (SSSR count). The summed E-state index contributed by atoms with van der Waals surface area (Å²) in [5.74, 6) is 1.36. The van der Waals surface area contributed by atoms with Crippen molar-refractivity contribution in [1.82, 2.24) is 0 Å². The van der Waals surface area contributed by atoms with Crippen LogP contribution in [0.1, 0.15) is 38.9 Å². The highest BCUT2D eigenvalue weighted by atomic mass is 16.5. The minimum absolute atomic E-state index is 0.0429. The number of ether oxygens (including phenoxy) is 3. The summed E-state index contributed by atoms with van der Waals surface area (Å²) in [5, 5.41) is 0.446. The minimum Gasteiger partial charge on any atom is -0.497 e. The van der Waals surface area contributed by atoms with Crippen LogP contribution in [0.4, 0.5) is 5.69 Å². The SMILES string of the molecule is COc1ccc(N2C(=O)c3oc4cc(C)c(C)cc4c(=O)c3C2c2ccc(OC)c(OC)c2)cc1. The number of methoxy groups -OCH3 is 3. The molecule has 1 amide bonds. The summed E-state index contributed by atoms with van der Waals surface area (Å²) in [7, 11) is 4.68. The predicted octanol–water partition coefficient (Wildman–Crippen LogP) is 5.19. The summed E-state index contributed by atoms with van der Waals surface area (Å²) < 4.78 is 22.3. The first-order chi connectivity index (χ1) is 16.9. The molecule has 0 spiro atoms. The van der Waals surface area contributed by atoms with E-state index < -0.39 is 6.04 Å². The molecule has 0 N–H and O–H groups in total. The second kappa shape index (κ2) is 8.51. The molecule has 7 nitrogen and oxygen atoms in total. The molecule has 1 aliphatic heterocycles. The molecule has 0 saturated heterocycles. The van der Waals surface area contributed by atoms with E-state index >= 15 is 0 Å². The number of hydrogen-bond acceptors (Lipinski definition) is 6. The van der Waals surface area contributed by atoms with E-state index in [2.05, 4.69) is 0 Å². The fourth-order valence-electron chi connectivity index (χ4n) is 4.58. The Labute approximate surface area is 202 Å². The summed E-state index contributed by atoms with van der Waals surface area (Å²) in [6, 6.07) is 15.4. The van der Waals surface area contributed by atoms with Crippen LogP contribution < -0.4 is 24.5 Å². The Kier molecular flexibility index (Phi) is 5.47. The van der Waals surface area contributed by atoms with Gasteiger partial charge in [-0.05, 0) is 79.1 Å². The molecule has 3 aromatic carbocycles. The van der Waals surface area contributed by atoms with Gasteiger partial charge < -0.3 is 18.6 Å². The zero-order valence-electron chi connectivity index (χ0n) is 20.2. The van der Waals surface area contributed by atoms with Gasteiger partial charge in [-0.2, -0.15) is 0 Å². The van der Waals surface area contributed by atoms with E-state index in [0.717, 1.165) is 11.1 Å². The fourth-order valence-corrected chi connectivity index (χ4v) is 4.58. The first kappa shape index (κ1) is 22.5. The van der Waals surface area contributed by atoms with Crippen molar-refractivity contribution in [2.24, 2.45) is 0 Å². The maximum absolute atomic E-state index is 13.9. The lowest BCUT2D eigenvalue weighted by Crippen LogP contribution is -2.29. The molecule has 1 aliphatic rings. The molecule has 178 valence electrons. The molecule has 0 radical (unpaired) electrons. The fraction of sp³-hybridized carbons (Fsp3) is 0.214. The van der Waals surface area contributed by atoms with Crippen molar-refractivity contribution in [2.45, 2.75) is 19.9 Å². The first-order valence-corrected chi connectivity index (χ1v) is 11.2. The maximum Gasteiger partial charge on any atom is 0.295 e. The van der Waals surface area contributed by atoms with E-state index in [1.165, 1.54) is 0 Å². The lowest BCUT2D eigenvalue weighted by molar-refractivity contribution is 0.0971. The van der Waals surface area contributed by atoms with Gasteiger partial charge in [-0.3, -0.25) is 14.5 Å². The second-order valence-electron chi connectivity index (χ2n) is 8.50. The number of carbonyl (C=O) groups is 1. The minimum atomic E-state index is -0.715. The highest BCUT2D eigenvalue weighted by Crippen LogP contribution is 2.43. The number of fused-ring (bicyclic) bond motifs is 2. The van der Waals surface area contributed by atoms with Gasteiger partial charge in [0, 0.05) is 5.69 Å². The molecule has 2 heterocycles. The van der Waals surface area contributed by atoms with E-state index in [1.54, 1.807) is 68.7 Å². The summed E-state index contributed by atoms with van der Waals surface area (Å²) in [6.45, 7) is 3.89. The van der Waals surface area contributed by atoms with E-state index in [1.807, 2.05) is 26.0 Å². The molecule has 0 aliphatic carbocycles. The van der Waals surface area contributed by atoms with Crippen LogP contribution in [0.2, 0.25) is 0 Å². The Balaban J connectivity index is 1.80. The van der Waals surface area contributed by atoms with Gasteiger partial charge in [0.15, 0.2) is 16.9 Å². The zero-order valence-corrected chi connectivity index (χ0v) is 20.2. The normalized spacial score (nSPS) is 14.8. The Hall–Kier alpha value is -4.26. The Morgan fingerprint density at radius 1 is 0.800 bits per heavy atom. The molecule has 4 aromatic rings. The third-order valence-electron chi connectivity index (χ3n) is 6.56. The van der Waals surface area contributed by atoms with Crippen molar-refractivity contribution >= 4 is 22.6 Å². The predicted molar refractivity (Wildman–Crippen MR) is 133 cm³/mol. The monoisotopic (exact) mass is 471 g/mol. The third-order valence-corrected chi connectivity index (χ3v) is 6.56. The van der Waals surface area contributed by atoms with Gasteiger partial charge in [0.2, 0.25) is 5.76 Å².